The van der Waals surface area contributed by atoms with Gasteiger partial charge in [0.2, 0.25) is 0 Å². The molecule has 22 heavy (non-hydrogen) atoms. The first-order chi connectivity index (χ1) is 10.6. The van der Waals surface area contributed by atoms with Gasteiger partial charge in [0.1, 0.15) is 0 Å². The van der Waals surface area contributed by atoms with Crippen LogP contribution in [0.3, 0.4) is 0 Å². The van der Waals surface area contributed by atoms with Gasteiger partial charge in [-0.3, -0.25) is 4.90 Å². The van der Waals surface area contributed by atoms with Crippen LogP contribution < -0.4 is 10.6 Å². The monoisotopic (exact) mass is 303 g/mol. The minimum Gasteiger partial charge on any atom is -0.390 e. The van der Waals surface area contributed by atoms with Gasteiger partial charge in [-0.1, -0.05) is 24.3 Å². The van der Waals surface area contributed by atoms with Crippen molar-refractivity contribution >= 4 is 6.03 Å². The molecule has 1 fully saturated rings. The number of benzene rings is 1. The van der Waals surface area contributed by atoms with E-state index in [4.69, 9.17) is 0 Å². The largest absolute Gasteiger partial charge is 0.390 e. The first-order valence-corrected chi connectivity index (χ1v) is 8.08. The van der Waals surface area contributed by atoms with Crippen molar-refractivity contribution in [3.8, 4) is 0 Å². The second kappa shape index (κ2) is 6.26. The van der Waals surface area contributed by atoms with Crippen LogP contribution in [0.4, 0.5) is 4.79 Å². The predicted molar refractivity (Wildman–Crippen MR) is 85.7 cm³/mol. The first kappa shape index (κ1) is 15.3. The average molecular weight is 303 g/mol. The van der Waals surface area contributed by atoms with E-state index in [1.165, 1.54) is 12.8 Å². The summed E-state index contributed by atoms with van der Waals surface area (Å²) in [6.07, 6.45) is 2.58. The van der Waals surface area contributed by atoms with Crippen molar-refractivity contribution in [3.63, 3.8) is 0 Å². The standard InChI is InChI=1S/C17H25N3O2/c1-11(20(2)13-7-8-13)10-18-17(22)19-16-14-6-4-3-5-12(14)9-15(16)21/h3-6,11,13,15-16,21H,7-10H2,1-2H3,(H2,18,19,22)/t11?,15-,16+/m1/s1. The summed E-state index contributed by atoms with van der Waals surface area (Å²) in [4.78, 5) is 14.4. The number of carbonyl (C=O) groups excluding carboxylic acids is 1. The molecule has 3 N–H and O–H groups in total. The van der Waals surface area contributed by atoms with E-state index in [1.807, 2.05) is 24.3 Å². The van der Waals surface area contributed by atoms with Crippen LogP contribution in [-0.2, 0) is 6.42 Å². The lowest BCUT2D eigenvalue weighted by atomic mass is 10.1. The number of carbonyl (C=O) groups is 1. The van der Waals surface area contributed by atoms with Gasteiger partial charge in [-0.2, -0.15) is 0 Å². The number of hydrogen-bond donors (Lipinski definition) is 3. The van der Waals surface area contributed by atoms with Gasteiger partial charge in [0.25, 0.3) is 0 Å². The Bertz CT molecular complexity index is 544. The number of likely N-dealkylation sites (N-methyl/N-ethyl adjacent to an activating group) is 1. The van der Waals surface area contributed by atoms with Gasteiger partial charge in [-0.15, -0.1) is 0 Å². The van der Waals surface area contributed by atoms with Gasteiger partial charge in [-0.05, 0) is 37.9 Å². The Balaban J connectivity index is 1.51. The summed E-state index contributed by atoms with van der Waals surface area (Å²) in [6.45, 7) is 2.74. The molecule has 0 saturated heterocycles. The number of urea groups is 1. The fraction of sp³-hybridized carbons (Fsp3) is 0.588. The molecule has 0 heterocycles. The molecule has 3 atom stereocenters. The zero-order valence-electron chi connectivity index (χ0n) is 13.2. The normalized spacial score (nSPS) is 24.9. The van der Waals surface area contributed by atoms with E-state index in [-0.39, 0.29) is 12.1 Å². The van der Waals surface area contributed by atoms with Crippen LogP contribution in [-0.4, -0.2) is 47.8 Å². The van der Waals surface area contributed by atoms with E-state index in [2.05, 4.69) is 29.5 Å². The van der Waals surface area contributed by atoms with Crippen LogP contribution in [0.2, 0.25) is 0 Å². The second-order valence-electron chi connectivity index (χ2n) is 6.55. The zero-order valence-corrected chi connectivity index (χ0v) is 13.2. The SMILES string of the molecule is CC(CNC(=O)N[C@H]1c2ccccc2C[C@H]1O)N(C)C1CC1. The van der Waals surface area contributed by atoms with E-state index >= 15 is 0 Å². The van der Waals surface area contributed by atoms with Gasteiger partial charge in [0.15, 0.2) is 0 Å². The lowest BCUT2D eigenvalue weighted by Crippen LogP contribution is -2.46. The molecule has 0 aliphatic heterocycles. The van der Waals surface area contributed by atoms with Crippen LogP contribution in [0.1, 0.15) is 36.9 Å². The summed E-state index contributed by atoms with van der Waals surface area (Å²) < 4.78 is 0. The smallest absolute Gasteiger partial charge is 0.315 e. The van der Waals surface area contributed by atoms with Crippen LogP contribution in [0.15, 0.2) is 24.3 Å². The molecule has 1 aromatic rings. The Morgan fingerprint density at radius 1 is 1.41 bits per heavy atom. The summed E-state index contributed by atoms with van der Waals surface area (Å²) in [7, 11) is 2.11. The molecule has 0 aromatic heterocycles. The maximum atomic E-state index is 12.1. The van der Waals surface area contributed by atoms with E-state index in [0.29, 0.717) is 25.0 Å². The highest BCUT2D eigenvalue weighted by Crippen LogP contribution is 2.31. The lowest BCUT2D eigenvalue weighted by molar-refractivity contribution is 0.141. The molecule has 5 nitrogen and oxygen atoms in total. The molecule has 2 aliphatic carbocycles. The van der Waals surface area contributed by atoms with Crippen LogP contribution in [0, 0.1) is 0 Å². The quantitative estimate of drug-likeness (QED) is 0.771. The Hall–Kier alpha value is -1.59. The zero-order chi connectivity index (χ0) is 15.7. The third kappa shape index (κ3) is 3.25. The van der Waals surface area contributed by atoms with Crippen LogP contribution in [0.5, 0.6) is 0 Å². The summed E-state index contributed by atoms with van der Waals surface area (Å²) in [5.41, 5.74) is 2.13. The highest BCUT2D eigenvalue weighted by molar-refractivity contribution is 5.74. The number of nitrogens with one attached hydrogen (secondary N) is 2. The minimum absolute atomic E-state index is 0.211. The molecule has 5 heteroatoms. The van der Waals surface area contributed by atoms with Gasteiger partial charge < -0.3 is 15.7 Å². The molecule has 120 valence electrons. The molecule has 1 unspecified atom stereocenters. The number of nitrogens with zero attached hydrogens (tertiary/aromatic N) is 1. The van der Waals surface area contributed by atoms with E-state index < -0.39 is 6.10 Å². The molecule has 0 spiro atoms. The molecule has 2 aliphatic rings. The third-order valence-corrected chi connectivity index (χ3v) is 4.87. The average Bonchev–Trinajstić information content (AvgIpc) is 3.30. The van der Waals surface area contributed by atoms with E-state index in [1.54, 1.807) is 0 Å². The lowest BCUT2D eigenvalue weighted by Gasteiger charge is -2.25. The van der Waals surface area contributed by atoms with Gasteiger partial charge in [0, 0.05) is 25.0 Å². The molecule has 1 saturated carbocycles. The Labute approximate surface area is 131 Å². The Morgan fingerprint density at radius 3 is 2.86 bits per heavy atom. The highest BCUT2D eigenvalue weighted by Gasteiger charge is 2.32. The number of hydrogen-bond acceptors (Lipinski definition) is 3. The molecule has 2 amide bonds. The first-order valence-electron chi connectivity index (χ1n) is 8.08. The predicted octanol–water partition coefficient (Wildman–Crippen LogP) is 1.43. The summed E-state index contributed by atoms with van der Waals surface area (Å²) in [6, 6.07) is 8.36. The number of amides is 2. The van der Waals surface area contributed by atoms with Crippen molar-refractivity contribution in [2.75, 3.05) is 13.6 Å². The maximum absolute atomic E-state index is 12.1. The van der Waals surface area contributed by atoms with Crippen LogP contribution >= 0.6 is 0 Å². The van der Waals surface area contributed by atoms with Crippen molar-refractivity contribution in [2.45, 2.75) is 50.4 Å². The van der Waals surface area contributed by atoms with Gasteiger partial charge >= 0.3 is 6.03 Å². The third-order valence-electron chi connectivity index (χ3n) is 4.87. The highest BCUT2D eigenvalue weighted by atomic mass is 16.3. The number of aliphatic hydroxyl groups excluding tert-OH is 1. The minimum atomic E-state index is -0.547. The van der Waals surface area contributed by atoms with Crippen molar-refractivity contribution in [1.29, 1.82) is 0 Å². The fourth-order valence-corrected chi connectivity index (χ4v) is 3.17. The second-order valence-corrected chi connectivity index (χ2v) is 6.55. The maximum Gasteiger partial charge on any atom is 0.315 e. The molecular formula is C17H25N3O2. The summed E-state index contributed by atoms with van der Waals surface area (Å²) in [5.74, 6) is 0. The van der Waals surface area contributed by atoms with E-state index in [9.17, 15) is 9.90 Å². The van der Waals surface area contributed by atoms with Crippen molar-refractivity contribution < 1.29 is 9.90 Å². The number of aliphatic hydroxyl groups is 1. The number of fused-ring (bicyclic) bond motifs is 1. The molecular weight excluding hydrogens is 278 g/mol. The topological polar surface area (TPSA) is 64.6 Å². The molecule has 3 rings (SSSR count). The Kier molecular flexibility index (Phi) is 4.36. The van der Waals surface area contributed by atoms with Gasteiger partial charge in [-0.25, -0.2) is 4.79 Å². The Morgan fingerprint density at radius 2 is 2.14 bits per heavy atom. The molecule has 1 aromatic carbocycles. The summed E-state index contributed by atoms with van der Waals surface area (Å²) in [5, 5.41) is 16.0. The van der Waals surface area contributed by atoms with Crippen molar-refractivity contribution in [2.24, 2.45) is 0 Å². The molecule has 0 radical (unpaired) electrons. The molecule has 0 bridgehead atoms. The van der Waals surface area contributed by atoms with Crippen molar-refractivity contribution in [1.82, 2.24) is 15.5 Å². The van der Waals surface area contributed by atoms with Gasteiger partial charge in [0.05, 0.1) is 12.1 Å². The van der Waals surface area contributed by atoms with Crippen molar-refractivity contribution in [3.05, 3.63) is 35.4 Å². The van der Waals surface area contributed by atoms with Crippen LogP contribution in [0.25, 0.3) is 0 Å². The summed E-state index contributed by atoms with van der Waals surface area (Å²) >= 11 is 0. The van der Waals surface area contributed by atoms with E-state index in [0.717, 1.165) is 11.1 Å². The number of rotatable bonds is 5. The fourth-order valence-electron chi connectivity index (χ4n) is 3.17.